The van der Waals surface area contributed by atoms with Crippen molar-refractivity contribution in [3.63, 3.8) is 0 Å². The molecular weight excluding hydrogens is 350 g/mol. The second-order valence-electron chi connectivity index (χ2n) is 5.96. The van der Waals surface area contributed by atoms with E-state index in [1.54, 1.807) is 13.2 Å². The van der Waals surface area contributed by atoms with E-state index < -0.39 is 0 Å². The summed E-state index contributed by atoms with van der Waals surface area (Å²) in [5, 5.41) is 4.11. The third kappa shape index (κ3) is 4.58. The molecule has 1 aromatic carbocycles. The number of ether oxygens (including phenoxy) is 2. The first-order valence-electron chi connectivity index (χ1n) is 9.21. The maximum Gasteiger partial charge on any atom is 0.242 e. The highest BCUT2D eigenvalue weighted by Crippen LogP contribution is 2.37. The number of aryl methyl sites for hydroxylation is 1. The summed E-state index contributed by atoms with van der Waals surface area (Å²) >= 11 is 6.13. The van der Waals surface area contributed by atoms with Crippen molar-refractivity contribution in [1.29, 1.82) is 0 Å². The van der Waals surface area contributed by atoms with E-state index in [9.17, 15) is 0 Å². The van der Waals surface area contributed by atoms with Crippen LogP contribution < -0.4 is 14.8 Å². The van der Waals surface area contributed by atoms with Gasteiger partial charge < -0.3 is 14.8 Å². The molecule has 0 saturated carbocycles. The molecule has 0 amide bonds. The Morgan fingerprint density at radius 3 is 2.42 bits per heavy atom. The van der Waals surface area contributed by atoms with Crippen molar-refractivity contribution in [2.45, 2.75) is 53.0 Å². The summed E-state index contributed by atoms with van der Waals surface area (Å²) in [5.41, 5.74) is 2.40. The topological polar surface area (TPSA) is 56.3 Å². The molecule has 0 spiro atoms. The van der Waals surface area contributed by atoms with Crippen molar-refractivity contribution in [1.82, 2.24) is 9.97 Å². The highest BCUT2D eigenvalue weighted by molar-refractivity contribution is 6.30. The predicted molar refractivity (Wildman–Crippen MR) is 108 cm³/mol. The number of rotatable bonds is 9. The smallest absolute Gasteiger partial charge is 0.242 e. The minimum absolute atomic E-state index is 0.361. The minimum Gasteiger partial charge on any atom is -0.493 e. The Morgan fingerprint density at radius 2 is 1.85 bits per heavy atom. The van der Waals surface area contributed by atoms with E-state index in [0.717, 1.165) is 36.3 Å². The number of benzene rings is 1. The molecule has 26 heavy (non-hydrogen) atoms. The van der Waals surface area contributed by atoms with E-state index in [2.05, 4.69) is 26.1 Å². The minimum atomic E-state index is 0.361. The zero-order valence-corrected chi connectivity index (χ0v) is 17.0. The van der Waals surface area contributed by atoms with Gasteiger partial charge in [0.1, 0.15) is 11.4 Å². The van der Waals surface area contributed by atoms with Crippen molar-refractivity contribution < 1.29 is 9.47 Å². The zero-order chi connectivity index (χ0) is 19.1. The Balaban J connectivity index is 2.56. The van der Waals surface area contributed by atoms with Crippen LogP contribution in [0.4, 0.5) is 5.82 Å². The summed E-state index contributed by atoms with van der Waals surface area (Å²) in [6.45, 7) is 8.87. The first-order chi connectivity index (χ1) is 12.6. The van der Waals surface area contributed by atoms with Gasteiger partial charge in [-0.15, -0.1) is 0 Å². The van der Waals surface area contributed by atoms with Crippen LogP contribution in [0.3, 0.4) is 0 Å². The van der Waals surface area contributed by atoms with Crippen LogP contribution >= 0.6 is 11.6 Å². The zero-order valence-electron chi connectivity index (χ0n) is 16.2. The largest absolute Gasteiger partial charge is 0.493 e. The third-order valence-electron chi connectivity index (χ3n) is 4.29. The molecule has 1 aromatic heterocycles. The first-order valence-corrected chi connectivity index (χ1v) is 9.59. The fourth-order valence-electron chi connectivity index (χ4n) is 2.79. The lowest BCUT2D eigenvalue weighted by molar-refractivity contribution is 0.341. The summed E-state index contributed by atoms with van der Waals surface area (Å²) in [4.78, 5) is 9.57. The SMILES string of the molecule is CCOc1cc(Cl)ccc1-c1nc(CC)c(NC(CC)CC)nc1OC. The Bertz CT molecular complexity index is 733. The van der Waals surface area contributed by atoms with Gasteiger partial charge in [0.25, 0.3) is 0 Å². The van der Waals surface area contributed by atoms with Gasteiger partial charge in [0.2, 0.25) is 5.88 Å². The number of anilines is 1. The van der Waals surface area contributed by atoms with Crippen molar-refractivity contribution in [2.24, 2.45) is 0 Å². The lowest BCUT2D eigenvalue weighted by atomic mass is 10.1. The highest BCUT2D eigenvalue weighted by atomic mass is 35.5. The Labute approximate surface area is 161 Å². The molecule has 2 aromatic rings. The van der Waals surface area contributed by atoms with Crippen LogP contribution in [0.25, 0.3) is 11.3 Å². The van der Waals surface area contributed by atoms with Crippen molar-refractivity contribution in [3.05, 3.63) is 28.9 Å². The summed E-state index contributed by atoms with van der Waals surface area (Å²) in [7, 11) is 1.61. The van der Waals surface area contributed by atoms with E-state index in [-0.39, 0.29) is 0 Å². The Morgan fingerprint density at radius 1 is 1.12 bits per heavy atom. The van der Waals surface area contributed by atoms with Gasteiger partial charge in [-0.2, -0.15) is 4.98 Å². The van der Waals surface area contributed by atoms with E-state index in [1.165, 1.54) is 0 Å². The number of nitrogens with one attached hydrogen (secondary N) is 1. The first kappa shape index (κ1) is 20.3. The normalized spacial score (nSPS) is 10.9. The van der Waals surface area contributed by atoms with Gasteiger partial charge in [-0.05, 0) is 44.4 Å². The molecule has 0 atom stereocenters. The van der Waals surface area contributed by atoms with Crippen LogP contribution in [0.2, 0.25) is 5.02 Å². The lowest BCUT2D eigenvalue weighted by Gasteiger charge is -2.20. The quantitative estimate of drug-likeness (QED) is 0.636. The lowest BCUT2D eigenvalue weighted by Crippen LogP contribution is -2.20. The fraction of sp³-hybridized carbons (Fsp3) is 0.500. The molecule has 142 valence electrons. The standard InChI is InChI=1S/C20H28ClN3O2/c1-6-14(7-2)22-19-16(8-3)23-18(20(24-19)25-5)15-11-10-13(21)12-17(15)26-9-4/h10-12,14H,6-9H2,1-5H3,(H,22,24). The summed E-state index contributed by atoms with van der Waals surface area (Å²) < 4.78 is 11.3. The number of methoxy groups -OCH3 is 1. The second-order valence-corrected chi connectivity index (χ2v) is 6.40. The van der Waals surface area contributed by atoms with Crippen molar-refractivity contribution in [2.75, 3.05) is 19.0 Å². The fourth-order valence-corrected chi connectivity index (χ4v) is 2.95. The molecule has 1 heterocycles. The van der Waals surface area contributed by atoms with Gasteiger partial charge in [0.15, 0.2) is 5.82 Å². The summed E-state index contributed by atoms with van der Waals surface area (Å²) in [6, 6.07) is 5.87. The average Bonchev–Trinajstić information content (AvgIpc) is 2.66. The van der Waals surface area contributed by atoms with Crippen LogP contribution in [0.15, 0.2) is 18.2 Å². The molecular formula is C20H28ClN3O2. The maximum atomic E-state index is 6.13. The van der Waals surface area contributed by atoms with Crippen molar-refractivity contribution >= 4 is 17.4 Å². The van der Waals surface area contributed by atoms with Crippen LogP contribution in [0.1, 0.15) is 46.2 Å². The maximum absolute atomic E-state index is 6.13. The van der Waals surface area contributed by atoms with E-state index in [1.807, 2.05) is 19.1 Å². The van der Waals surface area contributed by atoms with Gasteiger partial charge in [-0.1, -0.05) is 32.4 Å². The van der Waals surface area contributed by atoms with Crippen molar-refractivity contribution in [3.8, 4) is 22.9 Å². The van der Waals surface area contributed by atoms with E-state index in [4.69, 9.17) is 31.0 Å². The van der Waals surface area contributed by atoms with Crippen LogP contribution in [-0.2, 0) is 6.42 Å². The number of hydrogen-bond donors (Lipinski definition) is 1. The van der Waals surface area contributed by atoms with Gasteiger partial charge in [-0.3, -0.25) is 0 Å². The van der Waals surface area contributed by atoms with Crippen LogP contribution in [-0.4, -0.2) is 29.7 Å². The summed E-state index contributed by atoms with van der Waals surface area (Å²) in [6.07, 6.45) is 2.82. The number of nitrogens with zero attached hydrogens (tertiary/aromatic N) is 2. The van der Waals surface area contributed by atoms with Gasteiger partial charge in [-0.25, -0.2) is 4.98 Å². The Kier molecular flexibility index (Phi) is 7.51. The molecule has 5 nitrogen and oxygen atoms in total. The molecule has 0 unspecified atom stereocenters. The molecule has 0 saturated heterocycles. The molecule has 0 aliphatic heterocycles. The predicted octanol–water partition coefficient (Wildman–Crippen LogP) is 5.37. The molecule has 0 fully saturated rings. The van der Waals surface area contributed by atoms with Crippen LogP contribution in [0.5, 0.6) is 11.6 Å². The second kappa shape index (κ2) is 9.62. The third-order valence-corrected chi connectivity index (χ3v) is 4.52. The molecule has 1 N–H and O–H groups in total. The average molecular weight is 378 g/mol. The molecule has 0 bridgehead atoms. The van der Waals surface area contributed by atoms with Gasteiger partial charge in [0, 0.05) is 16.6 Å². The monoisotopic (exact) mass is 377 g/mol. The molecule has 0 aliphatic carbocycles. The van der Waals surface area contributed by atoms with Gasteiger partial charge >= 0.3 is 0 Å². The van der Waals surface area contributed by atoms with E-state index in [0.29, 0.717) is 35.0 Å². The van der Waals surface area contributed by atoms with Gasteiger partial charge in [0.05, 0.1) is 19.4 Å². The molecule has 6 heteroatoms. The summed E-state index contributed by atoms with van der Waals surface area (Å²) in [5.74, 6) is 1.93. The molecule has 0 aliphatic rings. The number of hydrogen-bond acceptors (Lipinski definition) is 5. The number of halogens is 1. The molecule has 2 rings (SSSR count). The van der Waals surface area contributed by atoms with Crippen LogP contribution in [0, 0.1) is 0 Å². The Hall–Kier alpha value is -2.01. The van der Waals surface area contributed by atoms with E-state index >= 15 is 0 Å². The number of aromatic nitrogens is 2. The molecule has 0 radical (unpaired) electrons. The highest BCUT2D eigenvalue weighted by Gasteiger charge is 2.19.